The number of anilines is 2. The van der Waals surface area contributed by atoms with Crippen molar-refractivity contribution in [3.05, 3.63) is 113 Å². The fraction of sp³-hybridized carbons (Fsp3) is 0.167. The Kier molecular flexibility index (Phi) is 8.55. The Bertz CT molecular complexity index is 1800. The number of fused-ring (bicyclic) bond motifs is 1. The van der Waals surface area contributed by atoms with Gasteiger partial charge in [-0.25, -0.2) is 21.6 Å². The van der Waals surface area contributed by atoms with Crippen LogP contribution in [0.1, 0.15) is 24.1 Å². The molecule has 0 fully saturated rings. The van der Waals surface area contributed by atoms with E-state index in [1.165, 1.54) is 52.8 Å². The van der Waals surface area contributed by atoms with Crippen molar-refractivity contribution in [2.45, 2.75) is 29.2 Å². The van der Waals surface area contributed by atoms with Crippen molar-refractivity contribution in [1.82, 2.24) is 4.72 Å². The molecule has 218 valence electrons. The number of hydrogen-bond acceptors (Lipinski definition) is 6. The summed E-state index contributed by atoms with van der Waals surface area (Å²) in [6.07, 6.45) is 0.548. The van der Waals surface area contributed by atoms with Crippen LogP contribution in [0.4, 0.5) is 11.4 Å². The van der Waals surface area contributed by atoms with E-state index in [9.17, 15) is 21.6 Å². The Hall–Kier alpha value is -3.90. The second kappa shape index (κ2) is 12.1. The summed E-state index contributed by atoms with van der Waals surface area (Å²) in [7, 11) is -7.58. The van der Waals surface area contributed by atoms with E-state index in [0.717, 1.165) is 11.1 Å². The van der Waals surface area contributed by atoms with Gasteiger partial charge in [0.25, 0.3) is 15.9 Å². The molecule has 1 aliphatic heterocycles. The summed E-state index contributed by atoms with van der Waals surface area (Å²) in [6.45, 7) is 1.71. The molecule has 12 heteroatoms. The summed E-state index contributed by atoms with van der Waals surface area (Å²) in [4.78, 5) is 12.8. The van der Waals surface area contributed by atoms with Gasteiger partial charge in [0.1, 0.15) is 5.75 Å². The largest absolute Gasteiger partial charge is 0.484 e. The smallest absolute Gasteiger partial charge is 0.264 e. The molecule has 9 nitrogen and oxygen atoms in total. The van der Waals surface area contributed by atoms with Crippen LogP contribution in [-0.2, 0) is 31.3 Å². The predicted molar refractivity (Wildman–Crippen MR) is 162 cm³/mol. The van der Waals surface area contributed by atoms with Crippen molar-refractivity contribution in [3.63, 3.8) is 0 Å². The number of nitrogens with zero attached hydrogens (tertiary/aromatic N) is 1. The van der Waals surface area contributed by atoms with Gasteiger partial charge in [-0.1, -0.05) is 48.0 Å². The molecule has 0 saturated heterocycles. The third kappa shape index (κ3) is 6.60. The molecule has 0 bridgehead atoms. The highest BCUT2D eigenvalue weighted by Gasteiger charge is 2.31. The highest BCUT2D eigenvalue weighted by molar-refractivity contribution is 7.92. The summed E-state index contributed by atoms with van der Waals surface area (Å²) >= 11 is 5.91. The molecule has 1 amide bonds. The number of carbonyl (C=O) groups is 1. The van der Waals surface area contributed by atoms with Crippen molar-refractivity contribution in [3.8, 4) is 5.75 Å². The highest BCUT2D eigenvalue weighted by Crippen LogP contribution is 2.35. The number of hydrogen-bond donors (Lipinski definition) is 2. The first-order valence-electron chi connectivity index (χ1n) is 13.0. The molecule has 0 radical (unpaired) electrons. The molecule has 0 aliphatic carbocycles. The molecule has 4 aromatic rings. The van der Waals surface area contributed by atoms with Gasteiger partial charge in [0.2, 0.25) is 10.0 Å². The van der Waals surface area contributed by atoms with E-state index < -0.39 is 32.0 Å². The molecule has 1 atom stereocenters. The molecular formula is C30H28ClN3O6S2. The molecule has 5 rings (SSSR count). The normalized spacial score (nSPS) is 13.8. The molecule has 0 aromatic heterocycles. The molecular weight excluding hydrogens is 598 g/mol. The Morgan fingerprint density at radius 2 is 1.57 bits per heavy atom. The maximum Gasteiger partial charge on any atom is 0.264 e. The maximum absolute atomic E-state index is 13.2. The zero-order chi connectivity index (χ0) is 29.9. The van der Waals surface area contributed by atoms with E-state index in [1.807, 2.05) is 30.3 Å². The molecule has 2 N–H and O–H groups in total. The van der Waals surface area contributed by atoms with Crippen LogP contribution in [0.3, 0.4) is 0 Å². The van der Waals surface area contributed by atoms with Crippen molar-refractivity contribution in [2.24, 2.45) is 0 Å². The lowest BCUT2D eigenvalue weighted by Gasteiger charge is -2.20. The summed E-state index contributed by atoms with van der Waals surface area (Å²) < 4.78 is 61.6. The van der Waals surface area contributed by atoms with E-state index in [0.29, 0.717) is 28.6 Å². The number of benzene rings is 4. The molecule has 0 unspecified atom stereocenters. The van der Waals surface area contributed by atoms with Gasteiger partial charge >= 0.3 is 0 Å². The molecule has 1 aliphatic rings. The van der Waals surface area contributed by atoms with Gasteiger partial charge in [0, 0.05) is 23.3 Å². The minimum absolute atomic E-state index is 0.0679. The van der Waals surface area contributed by atoms with Crippen LogP contribution >= 0.6 is 11.6 Å². The minimum atomic E-state index is -3.81. The zero-order valence-corrected chi connectivity index (χ0v) is 24.9. The van der Waals surface area contributed by atoms with Gasteiger partial charge in [-0.15, -0.1) is 0 Å². The summed E-state index contributed by atoms with van der Waals surface area (Å²) in [5.41, 5.74) is 2.60. The standard InChI is InChI=1S/C30H28ClN3O6S2/c1-21(22-5-3-2-4-6-22)33-41(36,37)27-15-11-26(12-16-27)40-20-30(35)32-25-10-7-23-17-18-34(29(23)19-25)42(38,39)28-13-8-24(31)9-14-28/h2-16,19,21,33H,17-18,20H2,1H3,(H,32,35)/t21-/m0/s1. The average molecular weight is 626 g/mol. The Morgan fingerprint density at radius 1 is 0.905 bits per heavy atom. The quantitative estimate of drug-likeness (QED) is 0.251. The third-order valence-corrected chi connectivity index (χ3v) is 10.4. The number of ether oxygens (including phenoxy) is 1. The minimum Gasteiger partial charge on any atom is -0.484 e. The Labute approximate surface area is 250 Å². The van der Waals surface area contributed by atoms with Gasteiger partial charge < -0.3 is 10.1 Å². The van der Waals surface area contributed by atoms with Crippen molar-refractivity contribution < 1.29 is 26.4 Å². The van der Waals surface area contributed by atoms with Crippen LogP contribution in [-0.4, -0.2) is 35.9 Å². The van der Waals surface area contributed by atoms with Gasteiger partial charge in [-0.2, -0.15) is 0 Å². The van der Waals surface area contributed by atoms with Crippen molar-refractivity contribution in [1.29, 1.82) is 0 Å². The lowest BCUT2D eigenvalue weighted by molar-refractivity contribution is -0.118. The molecule has 42 heavy (non-hydrogen) atoms. The molecule has 0 saturated carbocycles. The van der Waals surface area contributed by atoms with Crippen molar-refractivity contribution in [2.75, 3.05) is 22.8 Å². The third-order valence-electron chi connectivity index (χ3n) is 6.76. The molecule has 4 aromatic carbocycles. The second-order valence-corrected chi connectivity index (χ2v) is 13.7. The number of rotatable bonds is 10. The van der Waals surface area contributed by atoms with E-state index in [-0.39, 0.29) is 22.9 Å². The van der Waals surface area contributed by atoms with Crippen molar-refractivity contribution >= 4 is 48.9 Å². The SMILES string of the molecule is C[C@H](NS(=O)(=O)c1ccc(OCC(=O)Nc2ccc3c(c2)N(S(=O)(=O)c2ccc(Cl)cc2)CC3)cc1)c1ccccc1. The van der Waals surface area contributed by atoms with E-state index in [2.05, 4.69) is 10.0 Å². The maximum atomic E-state index is 13.2. The number of halogens is 1. The Balaban J connectivity index is 1.19. The van der Waals surface area contributed by atoms with Crippen LogP contribution in [0, 0.1) is 0 Å². The first-order valence-corrected chi connectivity index (χ1v) is 16.3. The second-order valence-electron chi connectivity index (χ2n) is 9.69. The Morgan fingerprint density at radius 3 is 2.26 bits per heavy atom. The molecule has 0 spiro atoms. The van der Waals surface area contributed by atoms with Gasteiger partial charge in [0.05, 0.1) is 15.5 Å². The highest BCUT2D eigenvalue weighted by atomic mass is 35.5. The van der Waals surface area contributed by atoms with E-state index in [4.69, 9.17) is 16.3 Å². The van der Waals surface area contributed by atoms with Crippen LogP contribution in [0.2, 0.25) is 5.02 Å². The topological polar surface area (TPSA) is 122 Å². The fourth-order valence-corrected chi connectivity index (χ4v) is 7.44. The van der Waals surface area contributed by atoms with Crippen LogP contribution in [0.25, 0.3) is 0 Å². The average Bonchev–Trinajstić information content (AvgIpc) is 3.41. The first-order chi connectivity index (χ1) is 20.0. The van der Waals surface area contributed by atoms with Crippen LogP contribution in [0.15, 0.2) is 107 Å². The predicted octanol–water partition coefficient (Wildman–Crippen LogP) is 5.15. The van der Waals surface area contributed by atoms with Crippen LogP contribution in [0.5, 0.6) is 5.75 Å². The molecule has 1 heterocycles. The number of nitrogens with one attached hydrogen (secondary N) is 2. The number of carbonyl (C=O) groups excluding carboxylic acids is 1. The monoisotopic (exact) mass is 625 g/mol. The van der Waals surface area contributed by atoms with Gasteiger partial charge in [-0.3, -0.25) is 9.10 Å². The van der Waals surface area contributed by atoms with E-state index >= 15 is 0 Å². The fourth-order valence-electron chi connectivity index (χ4n) is 4.58. The lowest BCUT2D eigenvalue weighted by atomic mass is 10.1. The first kappa shape index (κ1) is 29.6. The summed E-state index contributed by atoms with van der Waals surface area (Å²) in [5.74, 6) is -0.149. The van der Waals surface area contributed by atoms with Crippen LogP contribution < -0.4 is 19.1 Å². The summed E-state index contributed by atoms with van der Waals surface area (Å²) in [6, 6.07) is 25.7. The number of sulfonamides is 2. The van der Waals surface area contributed by atoms with Gasteiger partial charge in [0.15, 0.2) is 6.61 Å². The van der Waals surface area contributed by atoms with Gasteiger partial charge in [-0.05, 0) is 85.1 Å². The number of amides is 1. The summed E-state index contributed by atoms with van der Waals surface area (Å²) in [5, 5.41) is 3.16. The lowest BCUT2D eigenvalue weighted by Crippen LogP contribution is -2.29. The van der Waals surface area contributed by atoms with E-state index in [1.54, 1.807) is 25.1 Å². The zero-order valence-electron chi connectivity index (χ0n) is 22.5.